The number of alkyl halides is 3. The number of carbonyl (C=O) groups is 3. The number of esters is 1. The number of nitrogens with one attached hydrogen (secondary N) is 1. The van der Waals surface area contributed by atoms with E-state index < -0.39 is 54.5 Å². The quantitative estimate of drug-likeness (QED) is 0.279. The van der Waals surface area contributed by atoms with Crippen LogP contribution >= 0.6 is 11.6 Å². The van der Waals surface area contributed by atoms with Crippen molar-refractivity contribution in [3.63, 3.8) is 0 Å². The van der Waals surface area contributed by atoms with Gasteiger partial charge < -0.3 is 10.1 Å². The topological polar surface area (TPSA) is 84.8 Å². The standard InChI is InChI=1S/C34H38ClF3N2O4/c1-33(2,3)44-32(43)27(17-19-7-8-19)25(15-16-34(36,37)38)31(42)40-30-28(41)18-26-23(20-9-10-20)5-4-6-24(26)29(39-30)21-11-13-22(35)14-12-21/h4-6,11-14,19-20,25,27,30H,7-10,15-18H2,1-3H3,(H,40,42)/t25-,27+,30+/m1/s1. The van der Waals surface area contributed by atoms with Crippen LogP contribution in [0.3, 0.4) is 0 Å². The molecule has 0 radical (unpaired) electrons. The van der Waals surface area contributed by atoms with Crippen molar-refractivity contribution < 1.29 is 32.3 Å². The smallest absolute Gasteiger partial charge is 0.389 e. The first kappa shape index (κ1) is 32.2. The summed E-state index contributed by atoms with van der Waals surface area (Å²) in [6, 6.07) is 12.8. The number of fused-ring (bicyclic) bond motifs is 1. The van der Waals surface area contributed by atoms with Gasteiger partial charge in [-0.05, 0) is 81.5 Å². The van der Waals surface area contributed by atoms with Crippen molar-refractivity contribution in [3.8, 4) is 0 Å². The Morgan fingerprint density at radius 1 is 1.02 bits per heavy atom. The molecule has 3 aliphatic rings. The van der Waals surface area contributed by atoms with Gasteiger partial charge in [0.1, 0.15) is 5.60 Å². The molecule has 2 aromatic carbocycles. The van der Waals surface area contributed by atoms with Gasteiger partial charge in [0, 0.05) is 29.0 Å². The van der Waals surface area contributed by atoms with Crippen molar-refractivity contribution in [2.45, 2.75) is 96.0 Å². The second-order valence-corrected chi connectivity index (χ2v) is 13.7. The van der Waals surface area contributed by atoms with Crippen LogP contribution < -0.4 is 5.32 Å². The lowest BCUT2D eigenvalue weighted by Gasteiger charge is -2.29. The summed E-state index contributed by atoms with van der Waals surface area (Å²) in [6.45, 7) is 5.03. The molecule has 10 heteroatoms. The summed E-state index contributed by atoms with van der Waals surface area (Å²) in [5.41, 5.74) is 2.98. The van der Waals surface area contributed by atoms with E-state index in [-0.39, 0.29) is 24.5 Å². The average Bonchev–Trinajstić information content (AvgIpc) is 3.84. The summed E-state index contributed by atoms with van der Waals surface area (Å²) in [4.78, 5) is 45.7. The number of halogens is 4. The maximum absolute atomic E-state index is 13.9. The molecule has 0 spiro atoms. The molecule has 0 saturated heterocycles. The molecule has 1 amide bonds. The van der Waals surface area contributed by atoms with E-state index in [1.807, 2.05) is 18.2 Å². The minimum absolute atomic E-state index is 0.0122. The first-order valence-corrected chi connectivity index (χ1v) is 15.6. The Bertz CT molecular complexity index is 1440. The molecule has 0 aromatic heterocycles. The summed E-state index contributed by atoms with van der Waals surface area (Å²) in [7, 11) is 0. The van der Waals surface area contributed by atoms with Crippen LogP contribution in [0.15, 0.2) is 47.5 Å². The number of benzene rings is 2. The van der Waals surface area contributed by atoms with Crippen molar-refractivity contribution in [1.82, 2.24) is 5.32 Å². The average molecular weight is 631 g/mol. The van der Waals surface area contributed by atoms with E-state index in [1.165, 1.54) is 0 Å². The largest absolute Gasteiger partial charge is 0.460 e. The molecular formula is C34H38ClF3N2O4. The summed E-state index contributed by atoms with van der Waals surface area (Å²) < 4.78 is 46.0. The first-order valence-electron chi connectivity index (χ1n) is 15.3. The molecule has 1 N–H and O–H groups in total. The highest BCUT2D eigenvalue weighted by molar-refractivity contribution is 6.30. The van der Waals surface area contributed by atoms with Gasteiger partial charge in [-0.25, -0.2) is 0 Å². The maximum Gasteiger partial charge on any atom is 0.389 e. The van der Waals surface area contributed by atoms with Crippen LogP contribution in [0.4, 0.5) is 13.2 Å². The van der Waals surface area contributed by atoms with Crippen LogP contribution in [0.25, 0.3) is 0 Å². The fourth-order valence-corrected chi connectivity index (χ4v) is 6.01. The lowest BCUT2D eigenvalue weighted by molar-refractivity contribution is -0.167. The zero-order chi connectivity index (χ0) is 31.8. The monoisotopic (exact) mass is 630 g/mol. The third kappa shape index (κ3) is 8.29. The number of nitrogens with zero attached hydrogens (tertiary/aromatic N) is 1. The van der Waals surface area contributed by atoms with Crippen LogP contribution in [0.1, 0.15) is 93.9 Å². The Labute approximate surface area is 260 Å². The lowest BCUT2D eigenvalue weighted by atomic mass is 9.83. The zero-order valence-electron chi connectivity index (χ0n) is 25.2. The van der Waals surface area contributed by atoms with Crippen molar-refractivity contribution in [1.29, 1.82) is 0 Å². The molecule has 1 heterocycles. The van der Waals surface area contributed by atoms with Crippen LogP contribution in [-0.2, 0) is 25.5 Å². The van der Waals surface area contributed by atoms with Gasteiger partial charge >= 0.3 is 12.1 Å². The Morgan fingerprint density at radius 2 is 1.70 bits per heavy atom. The number of aliphatic imine (C=N–C) groups is 1. The van der Waals surface area contributed by atoms with E-state index >= 15 is 0 Å². The number of rotatable bonds is 10. The van der Waals surface area contributed by atoms with E-state index in [0.29, 0.717) is 22.2 Å². The summed E-state index contributed by atoms with van der Waals surface area (Å²) in [5, 5.41) is 3.19. The van der Waals surface area contributed by atoms with E-state index in [4.69, 9.17) is 21.3 Å². The minimum Gasteiger partial charge on any atom is -0.460 e. The molecular weight excluding hydrogens is 593 g/mol. The fourth-order valence-electron chi connectivity index (χ4n) is 5.88. The van der Waals surface area contributed by atoms with Crippen LogP contribution in [-0.4, -0.2) is 41.3 Å². The van der Waals surface area contributed by atoms with Crippen molar-refractivity contribution >= 4 is 35.0 Å². The third-order valence-electron chi connectivity index (χ3n) is 8.35. The van der Waals surface area contributed by atoms with Gasteiger partial charge in [0.25, 0.3) is 0 Å². The summed E-state index contributed by atoms with van der Waals surface area (Å²) >= 11 is 6.14. The molecule has 2 saturated carbocycles. The van der Waals surface area contributed by atoms with Gasteiger partial charge in [-0.2, -0.15) is 13.2 Å². The predicted molar refractivity (Wildman–Crippen MR) is 162 cm³/mol. The zero-order valence-corrected chi connectivity index (χ0v) is 25.9. The molecule has 44 heavy (non-hydrogen) atoms. The van der Waals surface area contributed by atoms with E-state index in [9.17, 15) is 27.6 Å². The third-order valence-corrected chi connectivity index (χ3v) is 8.60. The first-order chi connectivity index (χ1) is 20.7. The number of carbonyl (C=O) groups excluding carboxylic acids is 3. The van der Waals surface area contributed by atoms with Gasteiger partial charge in [-0.15, -0.1) is 0 Å². The molecule has 6 nitrogen and oxygen atoms in total. The normalized spacial score (nSPS) is 20.2. The summed E-state index contributed by atoms with van der Waals surface area (Å²) in [5.74, 6) is -3.83. The molecule has 5 rings (SSSR count). The number of ketones is 1. The molecule has 0 unspecified atom stereocenters. The van der Waals surface area contributed by atoms with Crippen LogP contribution in [0.2, 0.25) is 5.02 Å². The van der Waals surface area contributed by atoms with Gasteiger partial charge in [-0.1, -0.05) is 54.8 Å². The Hall–Kier alpha value is -3.20. The molecule has 1 aliphatic heterocycles. The number of Topliss-reactive ketones (excluding diaryl/α,β-unsaturated/α-hetero) is 1. The lowest BCUT2D eigenvalue weighted by Crippen LogP contribution is -2.47. The Kier molecular flexibility index (Phi) is 9.26. The Balaban J connectivity index is 1.50. The number of amides is 1. The highest BCUT2D eigenvalue weighted by Crippen LogP contribution is 2.44. The van der Waals surface area contributed by atoms with E-state index in [2.05, 4.69) is 5.32 Å². The SMILES string of the molecule is CC(C)(C)OC(=O)[C@@H](CC1CC1)[C@@H](CCC(F)(F)F)C(=O)N[C@@H]1N=C(c2ccc(Cl)cc2)c2cccc(C3CC3)c2CC1=O. The van der Waals surface area contributed by atoms with Crippen molar-refractivity contribution in [3.05, 3.63) is 69.7 Å². The highest BCUT2D eigenvalue weighted by atomic mass is 35.5. The molecule has 2 aromatic rings. The van der Waals surface area contributed by atoms with Crippen molar-refractivity contribution in [2.75, 3.05) is 0 Å². The van der Waals surface area contributed by atoms with Crippen LogP contribution in [0.5, 0.6) is 0 Å². The Morgan fingerprint density at radius 3 is 2.30 bits per heavy atom. The molecule has 236 valence electrons. The second-order valence-electron chi connectivity index (χ2n) is 13.3. The van der Waals surface area contributed by atoms with E-state index in [0.717, 1.165) is 42.4 Å². The van der Waals surface area contributed by atoms with Gasteiger partial charge in [0.15, 0.2) is 11.9 Å². The molecule has 2 fully saturated rings. The maximum atomic E-state index is 13.9. The number of ether oxygens (including phenoxy) is 1. The second kappa shape index (κ2) is 12.7. The van der Waals surface area contributed by atoms with Crippen molar-refractivity contribution in [2.24, 2.45) is 22.7 Å². The van der Waals surface area contributed by atoms with Gasteiger partial charge in [-0.3, -0.25) is 19.4 Å². The summed E-state index contributed by atoms with van der Waals surface area (Å²) in [6.07, 6.45) is -3.75. The molecule has 0 bridgehead atoms. The van der Waals surface area contributed by atoms with Gasteiger partial charge in [0.2, 0.25) is 5.91 Å². The number of hydrogen-bond donors (Lipinski definition) is 1. The highest BCUT2D eigenvalue weighted by Gasteiger charge is 2.43. The molecule has 2 aliphatic carbocycles. The number of hydrogen-bond acceptors (Lipinski definition) is 5. The van der Waals surface area contributed by atoms with Crippen LogP contribution in [0, 0.1) is 17.8 Å². The fraction of sp³-hybridized carbons (Fsp3) is 0.529. The van der Waals surface area contributed by atoms with Gasteiger partial charge in [0.05, 0.1) is 17.5 Å². The van der Waals surface area contributed by atoms with E-state index in [1.54, 1.807) is 45.0 Å². The minimum atomic E-state index is -4.53. The predicted octanol–water partition coefficient (Wildman–Crippen LogP) is 7.34. The molecule has 3 atom stereocenters.